The molecule has 0 radical (unpaired) electrons. The molecule has 0 aliphatic rings. The summed E-state index contributed by atoms with van der Waals surface area (Å²) in [6.45, 7) is 11.6. The number of nitrogens with one attached hydrogen (secondary N) is 2. The summed E-state index contributed by atoms with van der Waals surface area (Å²) in [5.41, 5.74) is 0.358. The molecule has 32 heavy (non-hydrogen) atoms. The monoisotopic (exact) mass is 443 g/mol. The minimum Gasteiger partial charge on any atom is -0.444 e. The highest BCUT2D eigenvalue weighted by Crippen LogP contribution is 2.23. The molecule has 3 amide bonds. The molecule has 1 rings (SSSR count). The van der Waals surface area contributed by atoms with Gasteiger partial charge < -0.3 is 25.4 Å². The highest BCUT2D eigenvalue weighted by molar-refractivity contribution is 5.92. The van der Waals surface area contributed by atoms with E-state index in [0.29, 0.717) is 11.1 Å². The second-order valence-corrected chi connectivity index (χ2v) is 8.49. The number of terminal acetylenes is 1. The summed E-state index contributed by atoms with van der Waals surface area (Å²) < 4.78 is 5.18. The van der Waals surface area contributed by atoms with Gasteiger partial charge in [-0.1, -0.05) is 24.1 Å². The second-order valence-electron chi connectivity index (χ2n) is 8.49. The van der Waals surface area contributed by atoms with Crippen LogP contribution in [0.3, 0.4) is 0 Å². The van der Waals surface area contributed by atoms with Crippen molar-refractivity contribution in [1.29, 1.82) is 0 Å². The quantitative estimate of drug-likeness (QED) is 0.400. The van der Waals surface area contributed by atoms with Crippen molar-refractivity contribution in [3.8, 4) is 12.3 Å². The maximum Gasteiger partial charge on any atom is 0.408 e. The minimum atomic E-state index is -1.32. The zero-order valence-corrected chi connectivity index (χ0v) is 19.3. The molecule has 8 nitrogen and oxygen atoms in total. The van der Waals surface area contributed by atoms with Gasteiger partial charge in [-0.05, 0) is 52.3 Å². The lowest BCUT2D eigenvalue weighted by Gasteiger charge is -2.33. The number of carbonyl (C=O) groups is 3. The molecule has 1 aromatic rings. The van der Waals surface area contributed by atoms with Crippen LogP contribution in [0.15, 0.2) is 36.9 Å². The second kappa shape index (κ2) is 11.9. The van der Waals surface area contributed by atoms with E-state index in [0.717, 1.165) is 0 Å². The van der Waals surface area contributed by atoms with Crippen LogP contribution in [0.5, 0.6) is 0 Å². The molecule has 0 bridgehead atoms. The number of nitrogens with zero attached hydrogens (tertiary/aromatic N) is 1. The van der Waals surface area contributed by atoms with Gasteiger partial charge in [0, 0.05) is 18.2 Å². The molecule has 0 aromatic heterocycles. The first kappa shape index (κ1) is 26.7. The molecule has 0 heterocycles. The third kappa shape index (κ3) is 8.08. The summed E-state index contributed by atoms with van der Waals surface area (Å²) in [6, 6.07) is 4.14. The van der Waals surface area contributed by atoms with Gasteiger partial charge in [0.05, 0.1) is 6.61 Å². The van der Waals surface area contributed by atoms with Crippen molar-refractivity contribution in [2.45, 2.75) is 58.3 Å². The molecule has 2 unspecified atom stereocenters. The average Bonchev–Trinajstić information content (AvgIpc) is 2.69. The van der Waals surface area contributed by atoms with Gasteiger partial charge in [-0.3, -0.25) is 9.59 Å². The van der Waals surface area contributed by atoms with Crippen molar-refractivity contribution >= 4 is 17.9 Å². The van der Waals surface area contributed by atoms with Crippen molar-refractivity contribution < 1.29 is 24.2 Å². The SMILES string of the molecule is C#Cc1ccc(C(C(=O)NC(C)C)N(CC=C)C(=O)C(CO)NC(=O)OC(C)(C)C)cc1. The maximum absolute atomic E-state index is 13.3. The largest absolute Gasteiger partial charge is 0.444 e. The van der Waals surface area contributed by atoms with Gasteiger partial charge in [-0.15, -0.1) is 13.0 Å². The Hall–Kier alpha value is -3.31. The Kier molecular flexibility index (Phi) is 9.95. The van der Waals surface area contributed by atoms with E-state index in [1.54, 1.807) is 58.9 Å². The molecule has 2 atom stereocenters. The Balaban J connectivity index is 3.33. The topological polar surface area (TPSA) is 108 Å². The summed E-state index contributed by atoms with van der Waals surface area (Å²) in [5.74, 6) is 1.42. The van der Waals surface area contributed by atoms with Crippen molar-refractivity contribution in [3.63, 3.8) is 0 Å². The summed E-state index contributed by atoms with van der Waals surface area (Å²) in [4.78, 5) is 39.8. The average molecular weight is 444 g/mol. The number of hydrogen-bond donors (Lipinski definition) is 3. The molecule has 174 valence electrons. The van der Waals surface area contributed by atoms with Gasteiger partial charge in [0.1, 0.15) is 17.7 Å². The number of benzene rings is 1. The third-order valence-corrected chi connectivity index (χ3v) is 4.16. The van der Waals surface area contributed by atoms with Crippen LogP contribution >= 0.6 is 0 Å². The molecule has 0 aliphatic heterocycles. The fourth-order valence-corrected chi connectivity index (χ4v) is 2.90. The van der Waals surface area contributed by atoms with E-state index in [1.807, 2.05) is 0 Å². The van der Waals surface area contributed by atoms with Crippen molar-refractivity contribution in [1.82, 2.24) is 15.5 Å². The Morgan fingerprint density at radius 3 is 2.25 bits per heavy atom. The Morgan fingerprint density at radius 2 is 1.81 bits per heavy atom. The smallest absolute Gasteiger partial charge is 0.408 e. The molecule has 0 fully saturated rings. The molecule has 8 heteroatoms. The lowest BCUT2D eigenvalue weighted by Crippen LogP contribution is -2.54. The van der Waals surface area contributed by atoms with Crippen LogP contribution in [-0.2, 0) is 14.3 Å². The maximum atomic E-state index is 13.3. The summed E-state index contributed by atoms with van der Waals surface area (Å²) in [5, 5.41) is 15.0. The van der Waals surface area contributed by atoms with Crippen LogP contribution in [0.1, 0.15) is 51.8 Å². The van der Waals surface area contributed by atoms with E-state index in [9.17, 15) is 19.5 Å². The highest BCUT2D eigenvalue weighted by atomic mass is 16.6. The lowest BCUT2D eigenvalue weighted by atomic mass is 10.0. The lowest BCUT2D eigenvalue weighted by molar-refractivity contribution is -0.142. The molecule has 1 aromatic carbocycles. The number of rotatable bonds is 9. The predicted octanol–water partition coefficient (Wildman–Crippen LogP) is 2.13. The Morgan fingerprint density at radius 1 is 1.22 bits per heavy atom. The van der Waals surface area contributed by atoms with Crippen LogP contribution in [0.25, 0.3) is 0 Å². The molecule has 0 saturated carbocycles. The number of amides is 3. The number of aliphatic hydroxyl groups excluding tert-OH is 1. The van der Waals surface area contributed by atoms with E-state index >= 15 is 0 Å². The van der Waals surface area contributed by atoms with Gasteiger partial charge >= 0.3 is 6.09 Å². The highest BCUT2D eigenvalue weighted by Gasteiger charge is 2.35. The fourth-order valence-electron chi connectivity index (χ4n) is 2.90. The molecular formula is C24H33N3O5. The minimum absolute atomic E-state index is 0.00158. The summed E-state index contributed by atoms with van der Waals surface area (Å²) >= 11 is 0. The predicted molar refractivity (Wildman–Crippen MR) is 123 cm³/mol. The van der Waals surface area contributed by atoms with Gasteiger partial charge in [-0.25, -0.2) is 4.79 Å². The van der Waals surface area contributed by atoms with Gasteiger partial charge in [0.25, 0.3) is 0 Å². The van der Waals surface area contributed by atoms with Crippen LogP contribution < -0.4 is 10.6 Å². The number of aliphatic hydroxyl groups is 1. The molecule has 3 N–H and O–H groups in total. The van der Waals surface area contributed by atoms with Crippen LogP contribution in [0.4, 0.5) is 4.79 Å². The number of alkyl carbamates (subject to hydrolysis) is 1. The molecule has 0 saturated heterocycles. The standard InChI is InChI=1S/C24H33N3O5/c1-8-14-27(22(30)19(15-28)26-23(31)32-24(5,6)7)20(21(29)25-16(3)4)18-12-10-17(9-2)11-13-18/h2,8,10-13,16,19-20,28H,1,14-15H2,3-7H3,(H,25,29)(H,26,31). The number of hydrogen-bond acceptors (Lipinski definition) is 5. The number of carbonyl (C=O) groups excluding carboxylic acids is 3. The summed E-state index contributed by atoms with van der Waals surface area (Å²) in [6.07, 6.45) is 6.03. The first-order valence-electron chi connectivity index (χ1n) is 10.3. The third-order valence-electron chi connectivity index (χ3n) is 4.16. The Bertz CT molecular complexity index is 850. The fraction of sp³-hybridized carbons (Fsp3) is 0.458. The summed E-state index contributed by atoms with van der Waals surface area (Å²) in [7, 11) is 0. The van der Waals surface area contributed by atoms with E-state index < -0.39 is 42.2 Å². The first-order valence-corrected chi connectivity index (χ1v) is 10.3. The van der Waals surface area contributed by atoms with Gasteiger partial charge in [0.2, 0.25) is 11.8 Å². The normalized spacial score (nSPS) is 12.8. The zero-order chi connectivity index (χ0) is 24.5. The first-order chi connectivity index (χ1) is 14.9. The van der Waals surface area contributed by atoms with Crippen LogP contribution in [-0.4, -0.2) is 58.8 Å². The van der Waals surface area contributed by atoms with E-state index in [2.05, 4.69) is 23.1 Å². The van der Waals surface area contributed by atoms with Crippen molar-refractivity contribution in [2.75, 3.05) is 13.2 Å². The Labute approximate surface area is 190 Å². The zero-order valence-electron chi connectivity index (χ0n) is 19.3. The van der Waals surface area contributed by atoms with Gasteiger partial charge in [0.15, 0.2) is 0 Å². The van der Waals surface area contributed by atoms with E-state index in [4.69, 9.17) is 11.2 Å². The molecular weight excluding hydrogens is 410 g/mol. The van der Waals surface area contributed by atoms with E-state index in [-0.39, 0.29) is 12.6 Å². The van der Waals surface area contributed by atoms with Crippen LogP contribution in [0.2, 0.25) is 0 Å². The number of ether oxygens (including phenoxy) is 1. The van der Waals surface area contributed by atoms with Crippen molar-refractivity contribution in [2.24, 2.45) is 0 Å². The molecule has 0 aliphatic carbocycles. The van der Waals surface area contributed by atoms with E-state index in [1.165, 1.54) is 11.0 Å². The van der Waals surface area contributed by atoms with Crippen LogP contribution in [0, 0.1) is 12.3 Å². The van der Waals surface area contributed by atoms with Crippen molar-refractivity contribution in [3.05, 3.63) is 48.0 Å². The van der Waals surface area contributed by atoms with Gasteiger partial charge in [-0.2, -0.15) is 0 Å². The molecule has 0 spiro atoms.